The van der Waals surface area contributed by atoms with Crippen LogP contribution in [0.15, 0.2) is 72.5 Å². The van der Waals surface area contributed by atoms with E-state index in [4.69, 9.17) is 13.9 Å². The van der Waals surface area contributed by atoms with Crippen molar-refractivity contribution in [3.8, 4) is 0 Å². The molecule has 1 heterocycles. The Kier molecular flexibility index (Phi) is 7.41. The Hall–Kier alpha value is -2.25. The van der Waals surface area contributed by atoms with Gasteiger partial charge >= 0.3 is 0 Å². The average Bonchev–Trinajstić information content (AvgIpc) is 3.47. The molecule has 1 aliphatic heterocycles. The van der Waals surface area contributed by atoms with Gasteiger partial charge in [0.2, 0.25) is 0 Å². The van der Waals surface area contributed by atoms with Gasteiger partial charge in [-0.05, 0) is 96.9 Å². The molecule has 1 N–H and O–H groups in total. The van der Waals surface area contributed by atoms with Crippen LogP contribution in [0.3, 0.4) is 0 Å². The average molecular weight is 629 g/mol. The van der Waals surface area contributed by atoms with Crippen LogP contribution in [0.1, 0.15) is 87.0 Å². The summed E-state index contributed by atoms with van der Waals surface area (Å²) in [6.07, 6.45) is 6.66. The molecule has 242 valence electrons. The van der Waals surface area contributed by atoms with E-state index in [2.05, 4.69) is 109 Å². The van der Waals surface area contributed by atoms with Crippen LogP contribution in [0.5, 0.6) is 0 Å². The van der Waals surface area contributed by atoms with Gasteiger partial charge in [-0.3, -0.25) is 4.79 Å². The largest absolute Gasteiger partial charge is 0.515 e. The van der Waals surface area contributed by atoms with Crippen molar-refractivity contribution < 1.29 is 23.8 Å². The lowest BCUT2D eigenvalue weighted by Crippen LogP contribution is -2.69. The van der Waals surface area contributed by atoms with E-state index in [1.807, 2.05) is 0 Å². The first-order valence-corrected chi connectivity index (χ1v) is 19.2. The van der Waals surface area contributed by atoms with Crippen LogP contribution in [-0.4, -0.2) is 43.3 Å². The van der Waals surface area contributed by atoms with Gasteiger partial charge in [0.1, 0.15) is 0 Å². The second-order valence-electron chi connectivity index (χ2n) is 16.8. The summed E-state index contributed by atoms with van der Waals surface area (Å²) in [4.78, 5) is 13.5. The molecule has 2 aromatic rings. The Morgan fingerprint density at radius 3 is 2.02 bits per heavy atom. The molecule has 1 unspecified atom stereocenters. The predicted octanol–water partition coefficient (Wildman–Crippen LogP) is 7.34. The van der Waals surface area contributed by atoms with Gasteiger partial charge in [-0.15, -0.1) is 0 Å². The molecule has 6 heteroatoms. The molecule has 45 heavy (non-hydrogen) atoms. The summed E-state index contributed by atoms with van der Waals surface area (Å²) in [5, 5.41) is 12.6. The first-order valence-electron chi connectivity index (χ1n) is 17.3. The maximum atomic E-state index is 13.5. The summed E-state index contributed by atoms with van der Waals surface area (Å²) >= 11 is 0. The molecule has 5 nitrogen and oxygen atoms in total. The van der Waals surface area contributed by atoms with E-state index in [1.165, 1.54) is 10.4 Å². The lowest BCUT2D eigenvalue weighted by Gasteiger charge is -2.63. The number of ketones is 1. The van der Waals surface area contributed by atoms with Crippen LogP contribution < -0.4 is 10.4 Å². The summed E-state index contributed by atoms with van der Waals surface area (Å²) in [5.74, 6) is 0.597. The van der Waals surface area contributed by atoms with E-state index in [0.29, 0.717) is 23.8 Å². The summed E-state index contributed by atoms with van der Waals surface area (Å²) in [6.45, 7) is 15.9. The second kappa shape index (κ2) is 10.6. The van der Waals surface area contributed by atoms with E-state index in [0.717, 1.165) is 38.4 Å². The van der Waals surface area contributed by atoms with E-state index < -0.39 is 19.5 Å². The molecular formula is C39H52O5Si. The lowest BCUT2D eigenvalue weighted by atomic mass is 9.44. The summed E-state index contributed by atoms with van der Waals surface area (Å²) in [7, 11) is -2.70. The molecule has 0 amide bonds. The topological polar surface area (TPSA) is 65.0 Å². The van der Waals surface area contributed by atoms with Crippen LogP contribution in [0.4, 0.5) is 0 Å². The number of aliphatic hydroxyl groups is 1. The molecule has 5 aliphatic rings. The van der Waals surface area contributed by atoms with E-state index >= 15 is 0 Å². The number of carbonyl (C=O) groups excluding carboxylic acids is 1. The maximum absolute atomic E-state index is 13.5. The van der Waals surface area contributed by atoms with Crippen molar-refractivity contribution in [1.29, 1.82) is 0 Å². The van der Waals surface area contributed by atoms with Crippen molar-refractivity contribution >= 4 is 24.5 Å². The third kappa shape index (κ3) is 4.60. The van der Waals surface area contributed by atoms with Crippen LogP contribution in [-0.2, 0) is 18.7 Å². The quantitative estimate of drug-likeness (QED) is 0.218. The van der Waals surface area contributed by atoms with Gasteiger partial charge < -0.3 is 19.0 Å². The zero-order valence-electron chi connectivity index (χ0n) is 28.2. The molecule has 0 radical (unpaired) electrons. The third-order valence-electron chi connectivity index (χ3n) is 13.0. The molecule has 2 aromatic carbocycles. The highest BCUT2D eigenvalue weighted by Crippen LogP contribution is 2.68. The summed E-state index contributed by atoms with van der Waals surface area (Å²) in [6, 6.07) is 22.0. The van der Waals surface area contributed by atoms with Crippen molar-refractivity contribution in [2.45, 2.75) is 116 Å². The smallest absolute Gasteiger partial charge is 0.261 e. The Bertz CT molecular complexity index is 1420. The van der Waals surface area contributed by atoms with Crippen LogP contribution >= 0.6 is 0 Å². The fourth-order valence-corrected chi connectivity index (χ4v) is 15.7. The van der Waals surface area contributed by atoms with Crippen molar-refractivity contribution in [3.05, 3.63) is 72.5 Å². The van der Waals surface area contributed by atoms with Crippen molar-refractivity contribution in [2.24, 2.45) is 34.5 Å². The number of benzene rings is 2. The maximum Gasteiger partial charge on any atom is 0.261 e. The molecule has 4 aliphatic carbocycles. The molecule has 0 bridgehead atoms. The number of carbonyl (C=O) groups is 1. The first kappa shape index (κ1) is 31.4. The zero-order valence-corrected chi connectivity index (χ0v) is 29.2. The molecule has 5 fully saturated rings. The van der Waals surface area contributed by atoms with Gasteiger partial charge in [-0.2, -0.15) is 0 Å². The van der Waals surface area contributed by atoms with Crippen molar-refractivity contribution in [3.63, 3.8) is 0 Å². The molecular weight excluding hydrogens is 577 g/mol. The van der Waals surface area contributed by atoms with Gasteiger partial charge in [0.25, 0.3) is 8.32 Å². The number of ether oxygens (including phenoxy) is 2. The number of hydrogen-bond donors (Lipinski definition) is 1. The fourth-order valence-electron chi connectivity index (χ4n) is 11.0. The minimum Gasteiger partial charge on any atom is -0.515 e. The Labute approximate surface area is 270 Å². The Morgan fingerprint density at radius 1 is 0.844 bits per heavy atom. The number of Topliss-reactive ketones (excluding diaryl/α,β-unsaturated/α-hetero) is 1. The summed E-state index contributed by atoms with van der Waals surface area (Å²) in [5.41, 5.74) is 0.215. The molecule has 0 spiro atoms. The molecule has 0 aromatic heterocycles. The van der Waals surface area contributed by atoms with Gasteiger partial charge in [0, 0.05) is 17.1 Å². The Morgan fingerprint density at radius 2 is 1.44 bits per heavy atom. The van der Waals surface area contributed by atoms with Gasteiger partial charge in [0.05, 0.1) is 18.5 Å². The van der Waals surface area contributed by atoms with Gasteiger partial charge in [-0.25, -0.2) is 0 Å². The highest BCUT2D eigenvalue weighted by atomic mass is 28.4. The number of aliphatic hydroxyl groups excluding tert-OH is 1. The summed E-state index contributed by atoms with van der Waals surface area (Å²) < 4.78 is 21.5. The number of rotatable bonds is 4. The molecule has 1 saturated heterocycles. The first-order chi connectivity index (χ1) is 21.2. The SMILES string of the molecule is CC1(C)O[C@H]2[C@H](O1)C1[C@H](CC[C@]3(C)C(=O)/C(=C\O)C[C@@H]13)[C@@]1(C)CC[C@H](O[Si](c3ccccc3)(c3ccccc3)C(C)(C)C)C[C@H]21. The van der Waals surface area contributed by atoms with E-state index in [1.54, 1.807) is 0 Å². The van der Waals surface area contributed by atoms with Crippen molar-refractivity contribution in [1.82, 2.24) is 0 Å². The van der Waals surface area contributed by atoms with Crippen molar-refractivity contribution in [2.75, 3.05) is 0 Å². The molecule has 7 rings (SSSR count). The minimum absolute atomic E-state index is 0.0450. The lowest BCUT2D eigenvalue weighted by molar-refractivity contribution is -0.185. The second-order valence-corrected chi connectivity index (χ2v) is 21.0. The Balaban J connectivity index is 1.27. The van der Waals surface area contributed by atoms with E-state index in [9.17, 15) is 9.90 Å². The van der Waals surface area contributed by atoms with E-state index in [-0.39, 0.29) is 46.4 Å². The van der Waals surface area contributed by atoms with Gasteiger partial charge in [0.15, 0.2) is 11.6 Å². The van der Waals surface area contributed by atoms with Crippen LogP contribution in [0.25, 0.3) is 0 Å². The van der Waals surface area contributed by atoms with Crippen LogP contribution in [0, 0.1) is 34.5 Å². The molecule has 4 saturated carbocycles. The normalized spacial score (nSPS) is 40.0. The van der Waals surface area contributed by atoms with Crippen LogP contribution in [0.2, 0.25) is 5.04 Å². The third-order valence-corrected chi connectivity index (χ3v) is 18.1. The highest BCUT2D eigenvalue weighted by molar-refractivity contribution is 6.99. The van der Waals surface area contributed by atoms with Gasteiger partial charge in [-0.1, -0.05) is 95.3 Å². The number of allylic oxidation sites excluding steroid dienone is 1. The standard InChI is InChI=1S/C39H52O5Si/c1-36(2,3)45(27-14-10-8-11-15-27,28-16-12-9-13-17-28)44-26-18-20-38(6)29-19-21-39(7)30(22-25(24-40)35(39)41)32(29)34-33(31(38)23-26)42-37(4,5)43-34/h8-17,24,26,29-34,40H,18-23H2,1-7H3/b25-24-/t26-,29-,30-,31+,32?,33+,34+,38+,39-/m0/s1. The highest BCUT2D eigenvalue weighted by Gasteiger charge is 2.69. The zero-order chi connectivity index (χ0) is 32.0. The predicted molar refractivity (Wildman–Crippen MR) is 180 cm³/mol. The number of fused-ring (bicyclic) bond motifs is 8. The molecule has 9 atom stereocenters. The number of hydrogen-bond acceptors (Lipinski definition) is 5. The minimum atomic E-state index is -2.70. The fraction of sp³-hybridized carbons (Fsp3) is 0.615. The monoisotopic (exact) mass is 628 g/mol.